The predicted molar refractivity (Wildman–Crippen MR) is 69.8 cm³/mol. The molecular weight excluding hydrogens is 269 g/mol. The molecule has 19 heavy (non-hydrogen) atoms. The molecule has 6 heteroatoms. The molecule has 0 radical (unpaired) electrons. The minimum Gasteiger partial charge on any atom is -0.390 e. The first-order valence-electron chi connectivity index (χ1n) is 5.64. The summed E-state index contributed by atoms with van der Waals surface area (Å²) in [6, 6.07) is 5.45. The van der Waals surface area contributed by atoms with Crippen molar-refractivity contribution in [3.8, 4) is 6.07 Å². The van der Waals surface area contributed by atoms with E-state index in [9.17, 15) is 19.4 Å². The average Bonchev–Trinajstić information content (AvgIpc) is 2.37. The number of hydrogen-bond donors (Lipinski definition) is 2. The van der Waals surface area contributed by atoms with E-state index in [1.807, 2.05) is 0 Å². The van der Waals surface area contributed by atoms with Gasteiger partial charge in [0, 0.05) is 18.2 Å². The largest absolute Gasteiger partial charge is 0.390 e. The highest BCUT2D eigenvalue weighted by Crippen LogP contribution is 2.23. The molecule has 2 N–H and O–H groups in total. The highest BCUT2D eigenvalue weighted by molar-refractivity contribution is 8.13. The van der Waals surface area contributed by atoms with Crippen molar-refractivity contribution < 1.29 is 19.4 Å². The van der Waals surface area contributed by atoms with Crippen LogP contribution in [-0.2, 0) is 4.79 Å². The van der Waals surface area contributed by atoms with Crippen LogP contribution < -0.4 is 0 Å². The van der Waals surface area contributed by atoms with Gasteiger partial charge in [-0.1, -0.05) is 17.8 Å². The van der Waals surface area contributed by atoms with Crippen LogP contribution in [0.2, 0.25) is 0 Å². The van der Waals surface area contributed by atoms with Gasteiger partial charge in [-0.25, -0.2) is 4.39 Å². The smallest absolute Gasteiger partial charge is 0.185 e. The molecule has 1 aromatic rings. The lowest BCUT2D eigenvalue weighted by molar-refractivity contribution is -0.109. The summed E-state index contributed by atoms with van der Waals surface area (Å²) in [5, 5.41) is 28.1. The minimum absolute atomic E-state index is 0.0562. The third-order valence-corrected chi connectivity index (χ3v) is 3.38. The third-order valence-electron chi connectivity index (χ3n) is 2.53. The van der Waals surface area contributed by atoms with Gasteiger partial charge in [-0.05, 0) is 18.6 Å². The highest BCUT2D eigenvalue weighted by Gasteiger charge is 2.21. The summed E-state index contributed by atoms with van der Waals surface area (Å²) in [7, 11) is 0. The number of thioether (sulfide) groups is 1. The van der Waals surface area contributed by atoms with Crippen molar-refractivity contribution in [2.45, 2.75) is 25.6 Å². The molecule has 2 atom stereocenters. The molecule has 0 aliphatic heterocycles. The number of benzene rings is 1. The molecule has 1 aromatic carbocycles. The van der Waals surface area contributed by atoms with Crippen LogP contribution in [0.4, 0.5) is 4.39 Å². The lowest BCUT2D eigenvalue weighted by Crippen LogP contribution is -2.20. The van der Waals surface area contributed by atoms with E-state index in [0.717, 1.165) is 17.8 Å². The van der Waals surface area contributed by atoms with Crippen LogP contribution in [0.15, 0.2) is 18.2 Å². The number of nitriles is 1. The molecule has 0 amide bonds. The zero-order chi connectivity index (χ0) is 14.4. The lowest BCUT2D eigenvalue weighted by atomic mass is 10.0. The zero-order valence-corrected chi connectivity index (χ0v) is 11.2. The van der Waals surface area contributed by atoms with Crippen LogP contribution >= 0.6 is 11.8 Å². The number of hydrogen-bond acceptors (Lipinski definition) is 5. The van der Waals surface area contributed by atoms with Gasteiger partial charge in [0.1, 0.15) is 11.9 Å². The second-order valence-electron chi connectivity index (χ2n) is 3.99. The molecule has 0 heterocycles. The van der Waals surface area contributed by atoms with E-state index in [4.69, 9.17) is 5.26 Å². The monoisotopic (exact) mass is 283 g/mol. The lowest BCUT2D eigenvalue weighted by Gasteiger charge is -2.18. The Morgan fingerprint density at radius 2 is 2.21 bits per heavy atom. The maximum atomic E-state index is 13.6. The van der Waals surface area contributed by atoms with Crippen molar-refractivity contribution in [1.82, 2.24) is 0 Å². The second kappa shape index (κ2) is 7.24. The molecule has 102 valence electrons. The van der Waals surface area contributed by atoms with E-state index in [1.54, 1.807) is 6.07 Å². The molecular formula is C13H14FNO3S. The molecule has 0 saturated carbocycles. The summed E-state index contributed by atoms with van der Waals surface area (Å²) in [6.07, 6.45) is -2.36. The Hall–Kier alpha value is -1.42. The van der Waals surface area contributed by atoms with Crippen molar-refractivity contribution in [3.05, 3.63) is 35.1 Å². The van der Waals surface area contributed by atoms with E-state index in [-0.39, 0.29) is 22.7 Å². The molecule has 0 spiro atoms. The van der Waals surface area contributed by atoms with Gasteiger partial charge in [0.15, 0.2) is 5.12 Å². The fraction of sp³-hybridized carbons (Fsp3) is 0.385. The van der Waals surface area contributed by atoms with Crippen LogP contribution in [0.3, 0.4) is 0 Å². The maximum absolute atomic E-state index is 13.6. The van der Waals surface area contributed by atoms with E-state index < -0.39 is 18.0 Å². The van der Waals surface area contributed by atoms with E-state index in [2.05, 4.69) is 0 Å². The van der Waals surface area contributed by atoms with E-state index >= 15 is 0 Å². The van der Waals surface area contributed by atoms with Gasteiger partial charge < -0.3 is 10.2 Å². The van der Waals surface area contributed by atoms with Gasteiger partial charge in [0.05, 0.1) is 17.7 Å². The van der Waals surface area contributed by atoms with Gasteiger partial charge in [-0.3, -0.25) is 4.79 Å². The summed E-state index contributed by atoms with van der Waals surface area (Å²) >= 11 is 1.04. The quantitative estimate of drug-likeness (QED) is 0.860. The Morgan fingerprint density at radius 3 is 2.74 bits per heavy atom. The normalized spacial score (nSPS) is 13.6. The first kappa shape index (κ1) is 15.6. The Bertz CT molecular complexity index is 501. The Morgan fingerprint density at radius 1 is 1.53 bits per heavy atom. The van der Waals surface area contributed by atoms with Gasteiger partial charge in [-0.15, -0.1) is 0 Å². The van der Waals surface area contributed by atoms with E-state index in [0.29, 0.717) is 5.75 Å². The van der Waals surface area contributed by atoms with Crippen molar-refractivity contribution in [1.29, 1.82) is 5.26 Å². The molecule has 2 unspecified atom stereocenters. The van der Waals surface area contributed by atoms with Crippen LogP contribution in [-0.4, -0.2) is 27.2 Å². The first-order valence-corrected chi connectivity index (χ1v) is 6.63. The number of nitrogens with zero attached hydrogens (tertiary/aromatic N) is 1. The molecule has 0 saturated heterocycles. The summed E-state index contributed by atoms with van der Waals surface area (Å²) in [5.41, 5.74) is 0.0920. The van der Waals surface area contributed by atoms with Gasteiger partial charge in [0.2, 0.25) is 0 Å². The standard InChI is InChI=1S/C13H14FNO3S/c1-8(16)19-5-4-12(17)13(18)10-3-2-9(7-15)6-11(10)14/h2-3,6,12-13,17-18H,4-5H2,1H3. The SMILES string of the molecule is CC(=O)SCCC(O)C(O)c1ccc(C#N)cc1F. The summed E-state index contributed by atoms with van der Waals surface area (Å²) < 4.78 is 13.6. The van der Waals surface area contributed by atoms with Gasteiger partial charge in [-0.2, -0.15) is 5.26 Å². The fourth-order valence-electron chi connectivity index (χ4n) is 1.53. The van der Waals surface area contributed by atoms with Crippen LogP contribution in [0.1, 0.15) is 30.6 Å². The number of halogens is 1. The van der Waals surface area contributed by atoms with Crippen LogP contribution in [0.5, 0.6) is 0 Å². The van der Waals surface area contributed by atoms with Crippen molar-refractivity contribution in [2.24, 2.45) is 0 Å². The van der Waals surface area contributed by atoms with Crippen LogP contribution in [0.25, 0.3) is 0 Å². The molecule has 0 aromatic heterocycles. The Labute approximate surface area is 114 Å². The van der Waals surface area contributed by atoms with Gasteiger partial charge >= 0.3 is 0 Å². The fourth-order valence-corrected chi connectivity index (χ4v) is 2.17. The number of aliphatic hydroxyl groups excluding tert-OH is 2. The second-order valence-corrected chi connectivity index (χ2v) is 5.26. The predicted octanol–water partition coefficient (Wildman–Crippen LogP) is 1.76. The molecule has 0 aliphatic rings. The van der Waals surface area contributed by atoms with Crippen molar-refractivity contribution >= 4 is 16.9 Å². The Balaban J connectivity index is 2.69. The first-order chi connectivity index (χ1) is 8.95. The topological polar surface area (TPSA) is 81.3 Å². The number of aliphatic hydroxyl groups is 2. The third kappa shape index (κ3) is 4.63. The minimum atomic E-state index is -1.37. The summed E-state index contributed by atoms with van der Waals surface area (Å²) in [5.74, 6) is -0.379. The highest BCUT2D eigenvalue weighted by atomic mass is 32.2. The van der Waals surface area contributed by atoms with E-state index in [1.165, 1.54) is 19.1 Å². The Kier molecular flexibility index (Phi) is 5.96. The van der Waals surface area contributed by atoms with Crippen molar-refractivity contribution in [2.75, 3.05) is 5.75 Å². The number of rotatable bonds is 5. The van der Waals surface area contributed by atoms with Gasteiger partial charge in [0.25, 0.3) is 0 Å². The molecule has 1 rings (SSSR count). The number of carbonyl (C=O) groups excluding carboxylic acids is 1. The van der Waals surface area contributed by atoms with Crippen molar-refractivity contribution in [3.63, 3.8) is 0 Å². The average molecular weight is 283 g/mol. The molecule has 0 bridgehead atoms. The number of carbonyl (C=O) groups is 1. The zero-order valence-electron chi connectivity index (χ0n) is 10.3. The molecule has 0 fully saturated rings. The summed E-state index contributed by atoms with van der Waals surface area (Å²) in [6.45, 7) is 1.41. The van der Waals surface area contributed by atoms with Crippen LogP contribution in [0, 0.1) is 17.1 Å². The summed E-state index contributed by atoms with van der Waals surface area (Å²) in [4.78, 5) is 10.7. The maximum Gasteiger partial charge on any atom is 0.185 e. The molecule has 4 nitrogen and oxygen atoms in total. The molecule has 0 aliphatic carbocycles.